The number of nitrogens with one attached hydrogen (secondary N) is 1. The SMILES string of the molecule is CNC(=O)c1ccc(-n2c(-n3ccc(C(C)C)n3)nc3c(c2=O)C[C@@H](C)N(C(=O)c2ccc(Br)c(C)c2)C3)cc1. The maximum absolute atomic E-state index is 14.1. The third kappa shape index (κ3) is 4.99. The summed E-state index contributed by atoms with van der Waals surface area (Å²) in [4.78, 5) is 46.4. The molecule has 0 bridgehead atoms. The Morgan fingerprint density at radius 3 is 2.40 bits per heavy atom. The normalized spacial score (nSPS) is 14.8. The van der Waals surface area contributed by atoms with E-state index in [9.17, 15) is 14.4 Å². The van der Waals surface area contributed by atoms with Crippen LogP contribution in [0.15, 0.2) is 64.0 Å². The molecule has 2 amide bonds. The van der Waals surface area contributed by atoms with Crippen LogP contribution in [0, 0.1) is 6.92 Å². The van der Waals surface area contributed by atoms with E-state index >= 15 is 0 Å². The maximum Gasteiger partial charge on any atom is 0.263 e. The average molecular weight is 604 g/mol. The molecule has 3 heterocycles. The van der Waals surface area contributed by atoms with E-state index < -0.39 is 0 Å². The first-order chi connectivity index (χ1) is 19.1. The number of carbonyl (C=O) groups is 2. The van der Waals surface area contributed by atoms with E-state index in [1.54, 1.807) is 53.2 Å². The second-order valence-corrected chi connectivity index (χ2v) is 11.2. The number of halogens is 1. The van der Waals surface area contributed by atoms with Crippen LogP contribution in [0.1, 0.15) is 69.9 Å². The number of rotatable bonds is 5. The van der Waals surface area contributed by atoms with E-state index in [1.165, 1.54) is 4.57 Å². The second kappa shape index (κ2) is 10.8. The number of hydrogen-bond acceptors (Lipinski definition) is 5. The summed E-state index contributed by atoms with van der Waals surface area (Å²) in [5.74, 6) is 0.196. The van der Waals surface area contributed by atoms with Gasteiger partial charge in [-0.2, -0.15) is 5.10 Å². The van der Waals surface area contributed by atoms with Crippen molar-refractivity contribution >= 4 is 27.7 Å². The van der Waals surface area contributed by atoms with Gasteiger partial charge in [-0.25, -0.2) is 14.2 Å². The van der Waals surface area contributed by atoms with Gasteiger partial charge in [0.1, 0.15) is 0 Å². The molecule has 5 rings (SSSR count). The Hall–Kier alpha value is -4.05. The Balaban J connectivity index is 1.62. The average Bonchev–Trinajstić information content (AvgIpc) is 3.45. The highest BCUT2D eigenvalue weighted by atomic mass is 79.9. The molecule has 0 radical (unpaired) electrons. The van der Waals surface area contributed by atoms with Gasteiger partial charge in [0.25, 0.3) is 17.4 Å². The van der Waals surface area contributed by atoms with Gasteiger partial charge in [0.05, 0.1) is 23.6 Å². The minimum Gasteiger partial charge on any atom is -0.355 e. The van der Waals surface area contributed by atoms with Crippen molar-refractivity contribution in [3.63, 3.8) is 0 Å². The van der Waals surface area contributed by atoms with Crippen LogP contribution in [0.3, 0.4) is 0 Å². The summed E-state index contributed by atoms with van der Waals surface area (Å²) in [6, 6.07) is 14.1. The lowest BCUT2D eigenvalue weighted by molar-refractivity contribution is 0.0652. The summed E-state index contributed by atoms with van der Waals surface area (Å²) >= 11 is 3.50. The van der Waals surface area contributed by atoms with Gasteiger partial charge in [0.2, 0.25) is 5.95 Å². The first-order valence-electron chi connectivity index (χ1n) is 13.2. The van der Waals surface area contributed by atoms with Crippen LogP contribution in [0.5, 0.6) is 0 Å². The molecule has 0 saturated carbocycles. The van der Waals surface area contributed by atoms with Crippen molar-refractivity contribution in [3.05, 3.63) is 103 Å². The summed E-state index contributed by atoms with van der Waals surface area (Å²) in [7, 11) is 1.57. The first-order valence-corrected chi connectivity index (χ1v) is 14.0. The summed E-state index contributed by atoms with van der Waals surface area (Å²) in [5.41, 5.74) is 4.40. The molecule has 1 aliphatic heterocycles. The van der Waals surface area contributed by atoms with Gasteiger partial charge in [-0.3, -0.25) is 14.4 Å². The Morgan fingerprint density at radius 2 is 1.77 bits per heavy atom. The zero-order valence-electron chi connectivity index (χ0n) is 23.1. The minimum absolute atomic E-state index is 0.104. The largest absolute Gasteiger partial charge is 0.355 e. The van der Waals surface area contributed by atoms with Crippen LogP contribution in [-0.4, -0.2) is 49.1 Å². The van der Waals surface area contributed by atoms with Crippen molar-refractivity contribution in [2.45, 2.75) is 52.6 Å². The number of nitrogens with zero attached hydrogens (tertiary/aromatic N) is 5. The fourth-order valence-corrected chi connectivity index (χ4v) is 5.16. The van der Waals surface area contributed by atoms with Crippen LogP contribution < -0.4 is 10.9 Å². The predicted octanol–water partition coefficient (Wildman–Crippen LogP) is 4.56. The molecule has 9 nitrogen and oxygen atoms in total. The van der Waals surface area contributed by atoms with Gasteiger partial charge in [-0.05, 0) is 80.3 Å². The fourth-order valence-electron chi connectivity index (χ4n) is 4.91. The molecular weight excluding hydrogens is 572 g/mol. The van der Waals surface area contributed by atoms with Crippen molar-refractivity contribution in [1.29, 1.82) is 0 Å². The fraction of sp³-hybridized carbons (Fsp3) is 0.300. The van der Waals surface area contributed by atoms with Crippen LogP contribution in [0.4, 0.5) is 0 Å². The maximum atomic E-state index is 14.1. The lowest BCUT2D eigenvalue weighted by Crippen LogP contribution is -2.46. The van der Waals surface area contributed by atoms with E-state index in [2.05, 4.69) is 21.2 Å². The summed E-state index contributed by atoms with van der Waals surface area (Å²) in [6.07, 6.45) is 2.16. The molecule has 1 atom stereocenters. The predicted molar refractivity (Wildman–Crippen MR) is 156 cm³/mol. The van der Waals surface area contributed by atoms with Crippen LogP contribution in [0.2, 0.25) is 0 Å². The van der Waals surface area contributed by atoms with E-state index in [1.807, 2.05) is 45.9 Å². The Kier molecular flexibility index (Phi) is 7.46. The van der Waals surface area contributed by atoms with Crippen molar-refractivity contribution < 1.29 is 9.59 Å². The lowest BCUT2D eigenvalue weighted by Gasteiger charge is -2.34. The van der Waals surface area contributed by atoms with Crippen molar-refractivity contribution in [1.82, 2.24) is 29.5 Å². The molecule has 40 heavy (non-hydrogen) atoms. The Bertz CT molecular complexity index is 1670. The van der Waals surface area contributed by atoms with E-state index in [-0.39, 0.29) is 35.9 Å². The number of fused-ring (bicyclic) bond motifs is 1. The van der Waals surface area contributed by atoms with Crippen LogP contribution in [0.25, 0.3) is 11.6 Å². The molecular formula is C30H31BrN6O3. The van der Waals surface area contributed by atoms with Gasteiger partial charge in [-0.15, -0.1) is 0 Å². The van der Waals surface area contributed by atoms with Gasteiger partial charge in [0, 0.05) is 40.4 Å². The molecule has 10 heteroatoms. The van der Waals surface area contributed by atoms with Gasteiger partial charge >= 0.3 is 0 Å². The van der Waals surface area contributed by atoms with Gasteiger partial charge < -0.3 is 10.2 Å². The molecule has 0 aliphatic carbocycles. The van der Waals surface area contributed by atoms with E-state index in [0.29, 0.717) is 40.4 Å². The topological polar surface area (TPSA) is 102 Å². The molecule has 0 unspecified atom stereocenters. The number of benzene rings is 2. The number of amides is 2. The Labute approximate surface area is 241 Å². The first kappa shape index (κ1) is 27.5. The second-order valence-electron chi connectivity index (χ2n) is 10.4. The molecule has 1 aliphatic rings. The molecule has 4 aromatic rings. The molecule has 1 N–H and O–H groups in total. The summed E-state index contributed by atoms with van der Waals surface area (Å²) in [5, 5.41) is 7.31. The third-order valence-corrected chi connectivity index (χ3v) is 8.17. The molecule has 0 spiro atoms. The highest BCUT2D eigenvalue weighted by Gasteiger charge is 2.32. The molecule has 2 aromatic heterocycles. The number of aryl methyl sites for hydroxylation is 1. The smallest absolute Gasteiger partial charge is 0.263 e. The number of aromatic nitrogens is 4. The van der Waals surface area contributed by atoms with Gasteiger partial charge in [-0.1, -0.05) is 29.8 Å². The lowest BCUT2D eigenvalue weighted by atomic mass is 9.98. The third-order valence-electron chi connectivity index (χ3n) is 7.28. The van der Waals surface area contributed by atoms with Crippen molar-refractivity contribution in [2.24, 2.45) is 0 Å². The van der Waals surface area contributed by atoms with E-state index in [0.717, 1.165) is 15.7 Å². The number of hydrogen-bond donors (Lipinski definition) is 1. The molecule has 206 valence electrons. The quantitative estimate of drug-likeness (QED) is 0.361. The van der Waals surface area contributed by atoms with Crippen molar-refractivity contribution in [2.75, 3.05) is 7.05 Å². The van der Waals surface area contributed by atoms with Crippen LogP contribution >= 0.6 is 15.9 Å². The van der Waals surface area contributed by atoms with Crippen LogP contribution in [-0.2, 0) is 13.0 Å². The minimum atomic E-state index is -0.215. The standard InChI is InChI=1S/C30H31BrN6O3/c1-17(2)25-12-13-36(34-25)30-33-26-16-35(28(39)21-8-11-24(31)18(3)14-21)19(4)15-23(26)29(40)37(30)22-9-6-20(7-10-22)27(38)32-5/h6-14,17,19H,15-16H2,1-5H3,(H,32,38)/t19-/m1/s1. The van der Waals surface area contributed by atoms with Crippen molar-refractivity contribution in [3.8, 4) is 11.6 Å². The highest BCUT2D eigenvalue weighted by molar-refractivity contribution is 9.10. The molecule has 2 aromatic carbocycles. The number of carbonyl (C=O) groups excluding carboxylic acids is 2. The zero-order chi connectivity index (χ0) is 28.7. The monoisotopic (exact) mass is 602 g/mol. The molecule has 0 fully saturated rings. The molecule has 0 saturated heterocycles. The summed E-state index contributed by atoms with van der Waals surface area (Å²) in [6.45, 7) is 8.20. The van der Waals surface area contributed by atoms with Gasteiger partial charge in [0.15, 0.2) is 0 Å². The zero-order valence-corrected chi connectivity index (χ0v) is 24.7. The Morgan fingerprint density at radius 1 is 1.07 bits per heavy atom. The van der Waals surface area contributed by atoms with E-state index in [4.69, 9.17) is 10.1 Å². The summed E-state index contributed by atoms with van der Waals surface area (Å²) < 4.78 is 4.08. The highest BCUT2D eigenvalue weighted by Crippen LogP contribution is 2.26.